The number of hydrogen-bond donors (Lipinski definition) is 1. The van der Waals surface area contributed by atoms with Crippen molar-refractivity contribution in [2.75, 3.05) is 6.61 Å². The van der Waals surface area contributed by atoms with E-state index < -0.39 is 5.97 Å². The number of rotatable bonds is 7. The first kappa shape index (κ1) is 14.3. The zero-order chi connectivity index (χ0) is 13.8. The van der Waals surface area contributed by atoms with Crippen LogP contribution in [-0.2, 0) is 11.2 Å². The molecule has 0 bridgehead atoms. The maximum Gasteiger partial charge on any atom is 0.303 e. The van der Waals surface area contributed by atoms with Crippen LogP contribution in [0.25, 0.3) is 0 Å². The van der Waals surface area contributed by atoms with Gasteiger partial charge in [-0.1, -0.05) is 0 Å². The lowest BCUT2D eigenvalue weighted by atomic mass is 10.1. The van der Waals surface area contributed by atoms with Gasteiger partial charge in [-0.15, -0.1) is 0 Å². The predicted octanol–water partition coefficient (Wildman–Crippen LogP) is 3.78. The smallest absolute Gasteiger partial charge is 0.303 e. The van der Waals surface area contributed by atoms with Crippen molar-refractivity contribution in [1.82, 2.24) is 0 Å². The molecule has 0 amide bonds. The van der Waals surface area contributed by atoms with E-state index in [2.05, 4.69) is 15.9 Å². The van der Waals surface area contributed by atoms with E-state index in [0.29, 0.717) is 35.6 Å². The zero-order valence-electron chi connectivity index (χ0n) is 10.5. The molecule has 1 fully saturated rings. The van der Waals surface area contributed by atoms with Crippen LogP contribution < -0.4 is 4.74 Å². The lowest BCUT2D eigenvalue weighted by molar-refractivity contribution is -0.137. The topological polar surface area (TPSA) is 46.5 Å². The molecule has 0 aromatic heterocycles. The molecule has 104 valence electrons. The first-order valence-electron chi connectivity index (χ1n) is 6.39. The molecule has 19 heavy (non-hydrogen) atoms. The summed E-state index contributed by atoms with van der Waals surface area (Å²) in [6.45, 7) is 0.649. The summed E-state index contributed by atoms with van der Waals surface area (Å²) in [5.74, 6) is 0.0920. The minimum atomic E-state index is -0.837. The van der Waals surface area contributed by atoms with Crippen molar-refractivity contribution in [3.63, 3.8) is 0 Å². The molecule has 1 aromatic carbocycles. The molecule has 3 nitrogen and oxygen atoms in total. The zero-order valence-corrected chi connectivity index (χ0v) is 12.1. The van der Waals surface area contributed by atoms with Crippen LogP contribution in [0.1, 0.15) is 31.2 Å². The van der Waals surface area contributed by atoms with Gasteiger partial charge in [-0.25, -0.2) is 4.39 Å². The molecule has 1 aromatic rings. The summed E-state index contributed by atoms with van der Waals surface area (Å²) >= 11 is 3.31. The fraction of sp³-hybridized carbons (Fsp3) is 0.500. The Bertz CT molecular complexity index is 472. The van der Waals surface area contributed by atoms with E-state index in [1.165, 1.54) is 25.0 Å². The largest absolute Gasteiger partial charge is 0.492 e. The number of carboxylic acid groups (broad SMARTS) is 1. The van der Waals surface area contributed by atoms with Crippen LogP contribution in [0.15, 0.2) is 16.6 Å². The van der Waals surface area contributed by atoms with Crippen molar-refractivity contribution in [1.29, 1.82) is 0 Å². The van der Waals surface area contributed by atoms with Crippen molar-refractivity contribution >= 4 is 21.9 Å². The monoisotopic (exact) mass is 330 g/mol. The maximum absolute atomic E-state index is 13.4. The molecule has 0 radical (unpaired) electrons. The Morgan fingerprint density at radius 3 is 2.84 bits per heavy atom. The molecule has 0 saturated heterocycles. The number of aryl methyl sites for hydroxylation is 1. The highest BCUT2D eigenvalue weighted by Gasteiger charge is 2.23. The SMILES string of the molecule is O=C(O)CCCc1cc(F)cc(Br)c1OCC1CC1. The first-order valence-corrected chi connectivity index (χ1v) is 7.18. The molecule has 2 rings (SSSR count). The lowest BCUT2D eigenvalue weighted by Gasteiger charge is -2.13. The van der Waals surface area contributed by atoms with E-state index in [1.807, 2.05) is 0 Å². The van der Waals surface area contributed by atoms with Crippen LogP contribution in [0.4, 0.5) is 4.39 Å². The van der Waals surface area contributed by atoms with Gasteiger partial charge in [0.1, 0.15) is 11.6 Å². The van der Waals surface area contributed by atoms with E-state index in [4.69, 9.17) is 9.84 Å². The highest BCUT2D eigenvalue weighted by Crippen LogP contribution is 2.35. The van der Waals surface area contributed by atoms with Crippen LogP contribution >= 0.6 is 15.9 Å². The number of hydrogen-bond acceptors (Lipinski definition) is 2. The molecule has 0 spiro atoms. The highest BCUT2D eigenvalue weighted by molar-refractivity contribution is 9.10. The molecule has 0 aliphatic heterocycles. The molecule has 1 N–H and O–H groups in total. The van der Waals surface area contributed by atoms with Gasteiger partial charge in [-0.05, 0) is 65.2 Å². The van der Waals surface area contributed by atoms with E-state index in [9.17, 15) is 9.18 Å². The van der Waals surface area contributed by atoms with Gasteiger partial charge >= 0.3 is 5.97 Å². The summed E-state index contributed by atoms with van der Waals surface area (Å²) in [7, 11) is 0. The quantitative estimate of drug-likeness (QED) is 0.827. The Labute approximate surface area is 119 Å². The standard InChI is InChI=1S/C14H16BrFO3/c15-12-7-11(16)6-10(2-1-3-13(17)18)14(12)19-8-9-4-5-9/h6-7,9H,1-5,8H2,(H,17,18). The Balaban J connectivity index is 2.05. The van der Waals surface area contributed by atoms with E-state index in [1.54, 1.807) is 0 Å². The Morgan fingerprint density at radius 2 is 2.21 bits per heavy atom. The van der Waals surface area contributed by atoms with Gasteiger partial charge in [-0.2, -0.15) is 0 Å². The van der Waals surface area contributed by atoms with Gasteiger partial charge in [0.15, 0.2) is 0 Å². The van der Waals surface area contributed by atoms with Crippen molar-refractivity contribution in [3.05, 3.63) is 28.0 Å². The Hall–Kier alpha value is -1.10. The minimum Gasteiger partial charge on any atom is -0.492 e. The average Bonchev–Trinajstić information content (AvgIpc) is 3.11. The fourth-order valence-corrected chi connectivity index (χ4v) is 2.46. The van der Waals surface area contributed by atoms with Crippen molar-refractivity contribution in [2.24, 2.45) is 5.92 Å². The van der Waals surface area contributed by atoms with Crippen molar-refractivity contribution in [2.45, 2.75) is 32.1 Å². The van der Waals surface area contributed by atoms with Crippen molar-refractivity contribution in [3.8, 4) is 5.75 Å². The van der Waals surface area contributed by atoms with Crippen molar-refractivity contribution < 1.29 is 19.0 Å². The third-order valence-corrected chi connectivity index (χ3v) is 3.67. The van der Waals surface area contributed by atoms with E-state index >= 15 is 0 Å². The van der Waals surface area contributed by atoms with Gasteiger partial charge in [0.25, 0.3) is 0 Å². The molecule has 1 saturated carbocycles. The average molecular weight is 331 g/mol. The first-order chi connectivity index (χ1) is 9.06. The van der Waals surface area contributed by atoms with Gasteiger partial charge in [0.2, 0.25) is 0 Å². The summed E-state index contributed by atoms with van der Waals surface area (Å²) in [5, 5.41) is 8.64. The third kappa shape index (κ3) is 4.49. The molecule has 1 aliphatic rings. The summed E-state index contributed by atoms with van der Waals surface area (Å²) in [6.07, 6.45) is 3.43. The molecule has 5 heteroatoms. The minimum absolute atomic E-state index is 0.0796. The van der Waals surface area contributed by atoms with Crippen LogP contribution in [0.5, 0.6) is 5.75 Å². The van der Waals surface area contributed by atoms with Crippen LogP contribution in [0.2, 0.25) is 0 Å². The summed E-state index contributed by atoms with van der Waals surface area (Å²) < 4.78 is 19.7. The Morgan fingerprint density at radius 1 is 1.47 bits per heavy atom. The number of halogens is 2. The van der Waals surface area contributed by atoms with Gasteiger partial charge in [0.05, 0.1) is 11.1 Å². The molecular weight excluding hydrogens is 315 g/mol. The molecule has 0 heterocycles. The number of ether oxygens (including phenoxy) is 1. The highest BCUT2D eigenvalue weighted by atomic mass is 79.9. The van der Waals surface area contributed by atoms with Gasteiger partial charge in [-0.3, -0.25) is 4.79 Å². The summed E-state index contributed by atoms with van der Waals surface area (Å²) in [5.41, 5.74) is 0.730. The number of carbonyl (C=O) groups is 1. The maximum atomic E-state index is 13.4. The molecule has 0 unspecified atom stereocenters. The number of benzene rings is 1. The third-order valence-electron chi connectivity index (χ3n) is 3.08. The predicted molar refractivity (Wildman–Crippen MR) is 72.9 cm³/mol. The molecule has 1 aliphatic carbocycles. The lowest BCUT2D eigenvalue weighted by Crippen LogP contribution is -2.04. The normalized spacial score (nSPS) is 14.4. The second-order valence-corrected chi connectivity index (χ2v) is 5.73. The van der Waals surface area contributed by atoms with Gasteiger partial charge < -0.3 is 9.84 Å². The second kappa shape index (κ2) is 6.37. The van der Waals surface area contributed by atoms with Gasteiger partial charge in [0, 0.05) is 6.42 Å². The number of aliphatic carboxylic acids is 1. The summed E-state index contributed by atoms with van der Waals surface area (Å²) in [6, 6.07) is 2.80. The molecule has 0 atom stereocenters. The van der Waals surface area contributed by atoms with Crippen LogP contribution in [0.3, 0.4) is 0 Å². The Kier molecular flexibility index (Phi) is 4.80. The molecular formula is C14H16BrFO3. The summed E-state index contributed by atoms with van der Waals surface area (Å²) in [4.78, 5) is 10.5. The second-order valence-electron chi connectivity index (χ2n) is 4.88. The van der Waals surface area contributed by atoms with E-state index in [-0.39, 0.29) is 12.2 Å². The van der Waals surface area contributed by atoms with Crippen LogP contribution in [-0.4, -0.2) is 17.7 Å². The number of carboxylic acids is 1. The fourth-order valence-electron chi connectivity index (χ4n) is 1.88. The van der Waals surface area contributed by atoms with E-state index in [0.717, 1.165) is 5.56 Å². The van der Waals surface area contributed by atoms with Crippen LogP contribution in [0, 0.1) is 11.7 Å².